The number of morpholine rings is 1. The van der Waals surface area contributed by atoms with Gasteiger partial charge >= 0.3 is 5.97 Å². The minimum atomic E-state index is -2.17. The molecule has 118 valence electrons. The summed E-state index contributed by atoms with van der Waals surface area (Å²) >= 11 is 0. The number of halogens is 4. The fraction of sp³-hybridized carbons (Fsp3) is 0.462. The first-order valence-electron chi connectivity index (χ1n) is 6.16. The maximum atomic E-state index is 13.4. The van der Waals surface area contributed by atoms with Crippen LogP contribution < -0.4 is 4.90 Å². The zero-order chi connectivity index (χ0) is 16.0. The fourth-order valence-electron chi connectivity index (χ4n) is 1.77. The van der Waals surface area contributed by atoms with Gasteiger partial charge in [-0.2, -0.15) is 0 Å². The van der Waals surface area contributed by atoms with Crippen molar-refractivity contribution in [2.45, 2.75) is 13.3 Å². The molecular formula is C13H15F4NO3. The zero-order valence-corrected chi connectivity index (χ0v) is 11.3. The quantitative estimate of drug-likeness (QED) is 0.854. The molecule has 0 aliphatic carbocycles. The van der Waals surface area contributed by atoms with Gasteiger partial charge in [-0.1, -0.05) is 0 Å². The average Bonchev–Trinajstić information content (AvgIpc) is 2.37. The van der Waals surface area contributed by atoms with Gasteiger partial charge in [0, 0.05) is 18.8 Å². The van der Waals surface area contributed by atoms with Gasteiger partial charge in [0.1, 0.15) is 17.2 Å². The van der Waals surface area contributed by atoms with Gasteiger partial charge in [-0.25, -0.2) is 22.4 Å². The molecule has 1 aromatic rings. The Balaban J connectivity index is 0.000000491. The van der Waals surface area contributed by atoms with Gasteiger partial charge in [0.2, 0.25) is 6.43 Å². The summed E-state index contributed by atoms with van der Waals surface area (Å²) < 4.78 is 52.7. The van der Waals surface area contributed by atoms with E-state index < -0.39 is 29.6 Å². The Labute approximate surface area is 118 Å². The second-order valence-corrected chi connectivity index (χ2v) is 4.21. The van der Waals surface area contributed by atoms with Crippen LogP contribution in [-0.2, 0) is 4.74 Å². The molecule has 0 aromatic heterocycles. The normalized spacial score (nSPS) is 14.7. The van der Waals surface area contributed by atoms with Crippen LogP contribution in [0.1, 0.15) is 17.3 Å². The van der Waals surface area contributed by atoms with Crippen molar-refractivity contribution in [2.75, 3.05) is 31.2 Å². The number of benzene rings is 1. The molecule has 1 aliphatic rings. The molecule has 1 heterocycles. The molecule has 2 rings (SSSR count). The van der Waals surface area contributed by atoms with Gasteiger partial charge < -0.3 is 14.7 Å². The number of carboxylic acids is 1. The van der Waals surface area contributed by atoms with Gasteiger partial charge in [0.05, 0.1) is 13.2 Å². The number of hydrogen-bond acceptors (Lipinski definition) is 3. The van der Waals surface area contributed by atoms with Crippen LogP contribution in [0.15, 0.2) is 12.1 Å². The van der Waals surface area contributed by atoms with Crippen molar-refractivity contribution >= 4 is 11.7 Å². The molecule has 8 heteroatoms. The predicted molar refractivity (Wildman–Crippen MR) is 68.0 cm³/mol. The maximum Gasteiger partial charge on any atom is 0.341 e. The van der Waals surface area contributed by atoms with Gasteiger partial charge in [-0.15, -0.1) is 0 Å². The van der Waals surface area contributed by atoms with Crippen molar-refractivity contribution in [3.63, 3.8) is 0 Å². The van der Waals surface area contributed by atoms with E-state index in [1.807, 2.05) is 0 Å². The maximum absolute atomic E-state index is 13.4. The average molecular weight is 309 g/mol. The number of anilines is 1. The highest BCUT2D eigenvalue weighted by molar-refractivity contribution is 5.88. The molecule has 1 fully saturated rings. The SMILES string of the molecule is CC(F)F.O=C(O)c1c(F)cc(N2CCOCC2)cc1F. The van der Waals surface area contributed by atoms with Crippen LogP contribution in [0.25, 0.3) is 0 Å². The number of carboxylic acid groups (broad SMARTS) is 1. The largest absolute Gasteiger partial charge is 0.477 e. The summed E-state index contributed by atoms with van der Waals surface area (Å²) in [7, 11) is 0. The van der Waals surface area contributed by atoms with Gasteiger partial charge in [0.25, 0.3) is 0 Å². The first kappa shape index (κ1) is 17.2. The Hall–Kier alpha value is -1.83. The lowest BCUT2D eigenvalue weighted by Gasteiger charge is -2.29. The first-order valence-corrected chi connectivity index (χ1v) is 6.16. The van der Waals surface area contributed by atoms with Crippen molar-refractivity contribution in [3.8, 4) is 0 Å². The lowest BCUT2D eigenvalue weighted by Crippen LogP contribution is -2.36. The minimum absolute atomic E-state index is 0.341. The molecule has 0 spiro atoms. The van der Waals surface area contributed by atoms with Crippen LogP contribution >= 0.6 is 0 Å². The van der Waals surface area contributed by atoms with Crippen LogP contribution in [0, 0.1) is 11.6 Å². The molecule has 0 atom stereocenters. The molecule has 0 radical (unpaired) electrons. The standard InChI is InChI=1S/C11H11F2NO3.C2H4F2/c12-8-5-7(14-1-3-17-4-2-14)6-9(13)10(8)11(15)16;1-2(3)4/h5-6H,1-4H2,(H,15,16);2H,1H3. The molecule has 1 N–H and O–H groups in total. The van der Waals surface area contributed by atoms with Gasteiger partial charge in [-0.05, 0) is 19.1 Å². The minimum Gasteiger partial charge on any atom is -0.477 e. The summed E-state index contributed by atoms with van der Waals surface area (Å²) in [5.41, 5.74) is -0.574. The fourth-order valence-corrected chi connectivity index (χ4v) is 1.77. The Morgan fingerprint density at radius 1 is 1.24 bits per heavy atom. The summed E-state index contributed by atoms with van der Waals surface area (Å²) in [4.78, 5) is 12.4. The van der Waals surface area contributed by atoms with E-state index in [9.17, 15) is 22.4 Å². The molecular weight excluding hydrogens is 294 g/mol. The molecule has 1 aliphatic heterocycles. The lowest BCUT2D eigenvalue weighted by molar-refractivity contribution is 0.0686. The number of aromatic carboxylic acids is 1. The van der Waals surface area contributed by atoms with E-state index in [1.54, 1.807) is 4.90 Å². The third-order valence-corrected chi connectivity index (χ3v) is 2.62. The highest BCUT2D eigenvalue weighted by atomic mass is 19.3. The van der Waals surface area contributed by atoms with Crippen molar-refractivity contribution in [1.82, 2.24) is 0 Å². The van der Waals surface area contributed by atoms with Crippen LogP contribution in [0.3, 0.4) is 0 Å². The number of rotatable bonds is 2. The predicted octanol–water partition coefficient (Wildman–Crippen LogP) is 2.77. The third kappa shape index (κ3) is 5.22. The zero-order valence-electron chi connectivity index (χ0n) is 11.3. The first-order chi connectivity index (χ1) is 9.82. The number of nitrogens with zero attached hydrogens (tertiary/aromatic N) is 1. The summed E-state index contributed by atoms with van der Waals surface area (Å²) in [5, 5.41) is 8.63. The van der Waals surface area contributed by atoms with E-state index in [4.69, 9.17) is 9.84 Å². The van der Waals surface area contributed by atoms with Gasteiger partial charge in [0.15, 0.2) is 0 Å². The number of carbonyl (C=O) groups is 1. The molecule has 0 amide bonds. The Morgan fingerprint density at radius 2 is 1.67 bits per heavy atom. The Bertz CT molecular complexity index is 465. The van der Waals surface area contributed by atoms with E-state index in [0.717, 1.165) is 19.1 Å². The van der Waals surface area contributed by atoms with Crippen molar-refractivity contribution in [2.24, 2.45) is 0 Å². The van der Waals surface area contributed by atoms with E-state index in [1.165, 1.54) is 0 Å². The van der Waals surface area contributed by atoms with Crippen molar-refractivity contribution in [3.05, 3.63) is 29.3 Å². The van der Waals surface area contributed by atoms with E-state index >= 15 is 0 Å². The van der Waals surface area contributed by atoms with Gasteiger partial charge in [-0.3, -0.25) is 0 Å². The molecule has 0 unspecified atom stereocenters. The summed E-state index contributed by atoms with van der Waals surface area (Å²) in [6.45, 7) is 2.88. The highest BCUT2D eigenvalue weighted by Crippen LogP contribution is 2.22. The van der Waals surface area contributed by atoms with Crippen LogP contribution in [0.4, 0.5) is 23.2 Å². The van der Waals surface area contributed by atoms with Crippen molar-refractivity contribution in [1.29, 1.82) is 0 Å². The molecule has 1 aromatic carbocycles. The Morgan fingerprint density at radius 3 is 2.05 bits per heavy atom. The number of alkyl halides is 2. The summed E-state index contributed by atoms with van der Waals surface area (Å²) in [5.74, 6) is -3.72. The molecule has 0 saturated carbocycles. The summed E-state index contributed by atoms with van der Waals surface area (Å²) in [6.07, 6.45) is -2.17. The number of ether oxygens (including phenoxy) is 1. The van der Waals surface area contributed by atoms with Crippen LogP contribution in [0.5, 0.6) is 0 Å². The van der Waals surface area contributed by atoms with Crippen molar-refractivity contribution < 1.29 is 32.2 Å². The molecule has 1 saturated heterocycles. The van der Waals surface area contributed by atoms with Crippen LogP contribution in [-0.4, -0.2) is 43.8 Å². The van der Waals surface area contributed by atoms with Crippen LogP contribution in [0.2, 0.25) is 0 Å². The molecule has 21 heavy (non-hydrogen) atoms. The molecule has 0 bridgehead atoms. The molecule has 4 nitrogen and oxygen atoms in total. The van der Waals surface area contributed by atoms with E-state index in [-0.39, 0.29) is 0 Å². The second kappa shape index (κ2) is 7.82. The number of hydrogen-bond donors (Lipinski definition) is 1. The second-order valence-electron chi connectivity index (χ2n) is 4.21. The van der Waals surface area contributed by atoms with E-state index in [2.05, 4.69) is 0 Å². The van der Waals surface area contributed by atoms with E-state index in [0.29, 0.717) is 32.0 Å². The topological polar surface area (TPSA) is 49.8 Å². The monoisotopic (exact) mass is 309 g/mol. The third-order valence-electron chi connectivity index (χ3n) is 2.62. The Kier molecular flexibility index (Phi) is 6.41. The lowest BCUT2D eigenvalue weighted by atomic mass is 10.1. The highest BCUT2D eigenvalue weighted by Gasteiger charge is 2.20. The smallest absolute Gasteiger partial charge is 0.341 e. The summed E-state index contributed by atoms with van der Waals surface area (Å²) in [6, 6.07) is 2.08.